The van der Waals surface area contributed by atoms with Crippen molar-refractivity contribution in [2.45, 2.75) is 32.2 Å². The van der Waals surface area contributed by atoms with Gasteiger partial charge in [-0.2, -0.15) is 0 Å². The lowest BCUT2D eigenvalue weighted by molar-refractivity contribution is 0.335. The first-order chi connectivity index (χ1) is 14.2. The molecule has 150 valence electrons. The van der Waals surface area contributed by atoms with Crippen molar-refractivity contribution in [3.05, 3.63) is 107 Å². The highest BCUT2D eigenvalue weighted by molar-refractivity contribution is 8.13. The molecule has 3 rings (SSSR count). The fourth-order valence-corrected chi connectivity index (χ4v) is 4.24. The minimum atomic E-state index is -0.211. The second-order valence-corrected chi connectivity index (χ2v) is 7.81. The Labute approximate surface area is 177 Å². The number of aliphatic imine (C=N–C) groups is 1. The Morgan fingerprint density at radius 3 is 2.14 bits per heavy atom. The van der Waals surface area contributed by atoms with Crippen LogP contribution in [0.3, 0.4) is 0 Å². The molecule has 0 amide bonds. The molecule has 0 aliphatic rings. The zero-order chi connectivity index (χ0) is 20.5. The third-order valence-electron chi connectivity index (χ3n) is 4.77. The average Bonchev–Trinajstić information content (AvgIpc) is 2.77. The van der Waals surface area contributed by atoms with Gasteiger partial charge in [-0.25, -0.2) is 4.39 Å². The van der Waals surface area contributed by atoms with Crippen LogP contribution in [0.25, 0.3) is 0 Å². The highest BCUT2D eigenvalue weighted by Crippen LogP contribution is 2.28. The number of amidine groups is 1. The molecule has 0 N–H and O–H groups in total. The quantitative estimate of drug-likeness (QED) is 0.320. The van der Waals surface area contributed by atoms with Gasteiger partial charge in [0, 0.05) is 18.8 Å². The van der Waals surface area contributed by atoms with Gasteiger partial charge in [0.1, 0.15) is 5.82 Å². The van der Waals surface area contributed by atoms with Crippen LogP contribution in [0.5, 0.6) is 0 Å². The van der Waals surface area contributed by atoms with Crippen molar-refractivity contribution in [3.63, 3.8) is 0 Å². The maximum atomic E-state index is 13.4. The van der Waals surface area contributed by atoms with E-state index in [1.54, 1.807) is 11.8 Å². The van der Waals surface area contributed by atoms with Crippen molar-refractivity contribution in [2.24, 2.45) is 4.99 Å². The molecule has 4 heteroatoms. The van der Waals surface area contributed by atoms with E-state index >= 15 is 0 Å². The normalized spacial score (nSPS) is 12.6. The van der Waals surface area contributed by atoms with E-state index in [1.165, 1.54) is 23.3 Å². The Morgan fingerprint density at radius 2 is 1.52 bits per heavy atom. The van der Waals surface area contributed by atoms with E-state index in [9.17, 15) is 4.39 Å². The van der Waals surface area contributed by atoms with Crippen LogP contribution in [-0.4, -0.2) is 16.6 Å². The summed E-state index contributed by atoms with van der Waals surface area (Å²) in [6.45, 7) is 5.66. The molecule has 0 radical (unpaired) electrons. The fourth-order valence-electron chi connectivity index (χ4n) is 3.14. The van der Waals surface area contributed by atoms with Crippen LogP contribution >= 0.6 is 11.8 Å². The first-order valence-electron chi connectivity index (χ1n) is 9.94. The van der Waals surface area contributed by atoms with Gasteiger partial charge in [-0.3, -0.25) is 4.99 Å². The Hall–Kier alpha value is -2.59. The molecule has 29 heavy (non-hydrogen) atoms. The summed E-state index contributed by atoms with van der Waals surface area (Å²) in [7, 11) is 0. The second-order valence-electron chi connectivity index (χ2n) is 6.87. The summed E-state index contributed by atoms with van der Waals surface area (Å²) in [4.78, 5) is 7.15. The van der Waals surface area contributed by atoms with Gasteiger partial charge in [0.15, 0.2) is 5.17 Å². The fraction of sp³-hybridized carbons (Fsp3) is 0.240. The standard InChI is InChI=1S/C25H27FN2S/c1-3-27-25(29-19-22-10-6-4-7-11-22)28(18-21-14-16-24(26)17-15-21)20(2)23-12-8-5-9-13-23/h4-17,20H,3,18-19H2,1-2H3. The molecule has 0 heterocycles. The number of hydrogen-bond acceptors (Lipinski definition) is 2. The predicted molar refractivity (Wildman–Crippen MR) is 123 cm³/mol. The van der Waals surface area contributed by atoms with Crippen molar-refractivity contribution in [1.29, 1.82) is 0 Å². The Balaban J connectivity index is 1.87. The van der Waals surface area contributed by atoms with Crippen LogP contribution in [0.4, 0.5) is 4.39 Å². The monoisotopic (exact) mass is 406 g/mol. The molecular weight excluding hydrogens is 379 g/mol. The van der Waals surface area contributed by atoms with Gasteiger partial charge in [0.2, 0.25) is 0 Å². The van der Waals surface area contributed by atoms with Crippen molar-refractivity contribution < 1.29 is 4.39 Å². The molecule has 3 aromatic rings. The number of hydrogen-bond donors (Lipinski definition) is 0. The molecular formula is C25H27FN2S. The third-order valence-corrected chi connectivity index (χ3v) is 5.86. The summed E-state index contributed by atoms with van der Waals surface area (Å²) in [6, 6.07) is 27.8. The molecule has 0 aliphatic heterocycles. The Bertz CT molecular complexity index is 895. The van der Waals surface area contributed by atoms with Gasteiger partial charge < -0.3 is 4.90 Å². The van der Waals surface area contributed by atoms with Gasteiger partial charge in [-0.05, 0) is 42.7 Å². The lowest BCUT2D eigenvalue weighted by Crippen LogP contribution is -2.31. The second kappa shape index (κ2) is 10.8. The average molecular weight is 407 g/mol. The number of thioether (sulfide) groups is 1. The molecule has 0 saturated carbocycles. The molecule has 0 fully saturated rings. The van der Waals surface area contributed by atoms with E-state index in [0.29, 0.717) is 6.54 Å². The maximum absolute atomic E-state index is 13.4. The number of nitrogens with zero attached hydrogens (tertiary/aromatic N) is 2. The van der Waals surface area contributed by atoms with E-state index in [1.807, 2.05) is 24.3 Å². The van der Waals surface area contributed by atoms with E-state index < -0.39 is 0 Å². The first-order valence-corrected chi connectivity index (χ1v) is 10.9. The van der Waals surface area contributed by atoms with Crippen LogP contribution in [0.1, 0.15) is 36.6 Å². The smallest absolute Gasteiger partial charge is 0.160 e. The third kappa shape index (κ3) is 6.20. The zero-order valence-corrected chi connectivity index (χ0v) is 17.8. The largest absolute Gasteiger partial charge is 0.340 e. The highest BCUT2D eigenvalue weighted by Gasteiger charge is 2.21. The van der Waals surface area contributed by atoms with Gasteiger partial charge in [0.05, 0.1) is 6.04 Å². The maximum Gasteiger partial charge on any atom is 0.160 e. The summed E-state index contributed by atoms with van der Waals surface area (Å²) in [5.74, 6) is 0.651. The van der Waals surface area contributed by atoms with Crippen molar-refractivity contribution >= 4 is 16.9 Å². The van der Waals surface area contributed by atoms with Crippen LogP contribution in [0, 0.1) is 5.82 Å². The molecule has 0 saturated heterocycles. The zero-order valence-electron chi connectivity index (χ0n) is 17.0. The van der Waals surface area contributed by atoms with E-state index in [4.69, 9.17) is 4.99 Å². The van der Waals surface area contributed by atoms with Gasteiger partial charge in [0.25, 0.3) is 0 Å². The van der Waals surface area contributed by atoms with E-state index in [-0.39, 0.29) is 11.9 Å². The van der Waals surface area contributed by atoms with Crippen molar-refractivity contribution in [3.8, 4) is 0 Å². The number of benzene rings is 3. The Morgan fingerprint density at radius 1 is 0.897 bits per heavy atom. The lowest BCUT2D eigenvalue weighted by atomic mass is 10.1. The molecule has 2 nitrogen and oxygen atoms in total. The topological polar surface area (TPSA) is 15.6 Å². The number of rotatable bonds is 7. The molecule has 1 unspecified atom stereocenters. The first kappa shape index (κ1) is 21.1. The molecule has 1 atom stereocenters. The van der Waals surface area contributed by atoms with E-state index in [0.717, 1.165) is 23.0 Å². The molecule has 0 bridgehead atoms. The van der Waals surface area contributed by atoms with Crippen molar-refractivity contribution in [2.75, 3.05) is 6.54 Å². The highest BCUT2D eigenvalue weighted by atomic mass is 32.2. The lowest BCUT2D eigenvalue weighted by Gasteiger charge is -2.32. The molecule has 0 spiro atoms. The SMILES string of the molecule is CCN=C(SCc1ccccc1)N(Cc1ccc(F)cc1)C(C)c1ccccc1. The van der Waals surface area contributed by atoms with Gasteiger partial charge in [-0.1, -0.05) is 84.6 Å². The minimum absolute atomic E-state index is 0.148. The molecule has 0 aliphatic carbocycles. The van der Waals surface area contributed by atoms with Crippen molar-refractivity contribution in [1.82, 2.24) is 4.90 Å². The van der Waals surface area contributed by atoms with Crippen LogP contribution < -0.4 is 0 Å². The summed E-state index contributed by atoms with van der Waals surface area (Å²) in [6.07, 6.45) is 0. The summed E-state index contributed by atoms with van der Waals surface area (Å²) < 4.78 is 13.4. The summed E-state index contributed by atoms with van der Waals surface area (Å²) in [5, 5.41) is 1.01. The van der Waals surface area contributed by atoms with E-state index in [2.05, 4.69) is 67.3 Å². The van der Waals surface area contributed by atoms with Gasteiger partial charge >= 0.3 is 0 Å². The minimum Gasteiger partial charge on any atom is -0.340 e. The predicted octanol–water partition coefficient (Wildman–Crippen LogP) is 6.70. The van der Waals surface area contributed by atoms with Crippen LogP contribution in [0.2, 0.25) is 0 Å². The molecule has 0 aromatic heterocycles. The summed E-state index contributed by atoms with van der Waals surface area (Å²) >= 11 is 1.75. The summed E-state index contributed by atoms with van der Waals surface area (Å²) in [5.41, 5.74) is 3.58. The van der Waals surface area contributed by atoms with Crippen LogP contribution in [-0.2, 0) is 12.3 Å². The number of halogens is 1. The van der Waals surface area contributed by atoms with Crippen LogP contribution in [0.15, 0.2) is 89.9 Å². The van der Waals surface area contributed by atoms with Gasteiger partial charge in [-0.15, -0.1) is 0 Å². The Kier molecular flexibility index (Phi) is 7.88. The molecule has 3 aromatic carbocycles.